The third-order valence-electron chi connectivity index (χ3n) is 2.89. The first-order valence-corrected chi connectivity index (χ1v) is 6.15. The van der Waals surface area contributed by atoms with E-state index in [2.05, 4.69) is 74.5 Å². The van der Waals surface area contributed by atoms with E-state index in [-0.39, 0.29) is 25.8 Å². The molecule has 1 aliphatic carbocycles. The number of hydrogen-bond donors (Lipinski definition) is 0. The Bertz CT molecular complexity index is 499. The van der Waals surface area contributed by atoms with Gasteiger partial charge in [0.25, 0.3) is 0 Å². The van der Waals surface area contributed by atoms with Gasteiger partial charge in [-0.25, -0.2) is 11.6 Å². The van der Waals surface area contributed by atoms with Gasteiger partial charge >= 0.3 is 0 Å². The molecule has 1 aliphatic rings. The van der Waals surface area contributed by atoms with Crippen LogP contribution in [0.2, 0.25) is 0 Å². The molecular formula is C17H18Hf-2. The van der Waals surface area contributed by atoms with E-state index in [1.54, 1.807) is 0 Å². The molecule has 2 aromatic rings. The third kappa shape index (κ3) is 4.13. The molecule has 0 bridgehead atoms. The largest absolute Gasteiger partial charge is 0.269 e. The van der Waals surface area contributed by atoms with Crippen molar-refractivity contribution in [2.45, 2.75) is 20.3 Å². The summed E-state index contributed by atoms with van der Waals surface area (Å²) in [5.41, 5.74) is 1.37. The fraction of sp³-hybridized carbons (Fsp3) is 0.235. The van der Waals surface area contributed by atoms with Crippen LogP contribution in [0, 0.1) is 12.0 Å². The Morgan fingerprint density at radius 1 is 1.17 bits per heavy atom. The van der Waals surface area contributed by atoms with Crippen LogP contribution in [0.5, 0.6) is 0 Å². The molecule has 1 heteroatoms. The second-order valence-corrected chi connectivity index (χ2v) is 4.55. The normalized spacial score (nSPS) is 12.9. The van der Waals surface area contributed by atoms with E-state index < -0.39 is 0 Å². The molecule has 0 N–H and O–H groups in total. The Kier molecular flexibility index (Phi) is 6.42. The minimum atomic E-state index is 0. The Balaban J connectivity index is 0.000000172. The number of hydrogen-bond acceptors (Lipinski definition) is 0. The van der Waals surface area contributed by atoms with Crippen LogP contribution in [0.1, 0.15) is 20.3 Å². The van der Waals surface area contributed by atoms with Gasteiger partial charge in [-0.3, -0.25) is 6.08 Å². The van der Waals surface area contributed by atoms with Crippen LogP contribution in [-0.2, 0) is 25.8 Å². The first-order valence-electron chi connectivity index (χ1n) is 6.15. The van der Waals surface area contributed by atoms with E-state index >= 15 is 0 Å². The van der Waals surface area contributed by atoms with E-state index in [1.807, 2.05) is 0 Å². The number of rotatable bonds is 1. The summed E-state index contributed by atoms with van der Waals surface area (Å²) in [7, 11) is 0. The molecule has 0 saturated heterocycles. The van der Waals surface area contributed by atoms with Gasteiger partial charge in [-0.05, 0) is 0 Å². The molecule has 0 fully saturated rings. The van der Waals surface area contributed by atoms with Crippen molar-refractivity contribution in [2.75, 3.05) is 0 Å². The van der Waals surface area contributed by atoms with Crippen LogP contribution in [0.25, 0.3) is 10.8 Å². The molecule has 0 atom stereocenters. The van der Waals surface area contributed by atoms with Crippen molar-refractivity contribution in [3.05, 3.63) is 66.3 Å². The van der Waals surface area contributed by atoms with E-state index in [0.717, 1.165) is 6.42 Å². The van der Waals surface area contributed by atoms with Gasteiger partial charge in [0.05, 0.1) is 0 Å². The Labute approximate surface area is 129 Å². The van der Waals surface area contributed by atoms with Gasteiger partial charge in [0.2, 0.25) is 0 Å². The molecule has 0 aliphatic heterocycles. The van der Waals surface area contributed by atoms with Crippen molar-refractivity contribution in [3.8, 4) is 0 Å². The van der Waals surface area contributed by atoms with Gasteiger partial charge in [0.1, 0.15) is 0 Å². The Hall–Kier alpha value is -0.820. The molecule has 0 spiro atoms. The summed E-state index contributed by atoms with van der Waals surface area (Å²) in [6, 6.07) is 14.7. The van der Waals surface area contributed by atoms with Crippen molar-refractivity contribution in [2.24, 2.45) is 5.92 Å². The molecule has 0 aromatic heterocycles. The summed E-state index contributed by atoms with van der Waals surface area (Å²) >= 11 is 0. The summed E-state index contributed by atoms with van der Waals surface area (Å²) in [6.07, 6.45) is 8.59. The Morgan fingerprint density at radius 2 is 1.94 bits per heavy atom. The van der Waals surface area contributed by atoms with Gasteiger partial charge in [-0.2, -0.15) is 23.6 Å². The molecule has 18 heavy (non-hydrogen) atoms. The van der Waals surface area contributed by atoms with E-state index in [0.29, 0.717) is 5.92 Å². The molecule has 0 saturated carbocycles. The minimum absolute atomic E-state index is 0. The summed E-state index contributed by atoms with van der Waals surface area (Å²) in [4.78, 5) is 0. The number of benzene rings is 1. The van der Waals surface area contributed by atoms with Crippen LogP contribution >= 0.6 is 0 Å². The first-order chi connectivity index (χ1) is 8.27. The number of allylic oxidation sites excluding steroid dienone is 4. The summed E-state index contributed by atoms with van der Waals surface area (Å²) < 4.78 is 0. The smallest absolute Gasteiger partial charge is 0 e. The zero-order valence-electron chi connectivity index (χ0n) is 11.0. The molecule has 0 amide bonds. The molecule has 2 aromatic carbocycles. The minimum Gasteiger partial charge on any atom is -0.269 e. The van der Waals surface area contributed by atoms with Crippen LogP contribution < -0.4 is 0 Å². The zero-order chi connectivity index (χ0) is 12.1. The second-order valence-electron chi connectivity index (χ2n) is 4.55. The van der Waals surface area contributed by atoms with Gasteiger partial charge in [-0.1, -0.05) is 25.8 Å². The van der Waals surface area contributed by atoms with Gasteiger partial charge < -0.3 is 0 Å². The van der Waals surface area contributed by atoms with Crippen molar-refractivity contribution >= 4 is 10.8 Å². The summed E-state index contributed by atoms with van der Waals surface area (Å²) in [5, 5.41) is 2.66. The van der Waals surface area contributed by atoms with Crippen LogP contribution in [0.3, 0.4) is 0 Å². The quantitative estimate of drug-likeness (QED) is 0.472. The topological polar surface area (TPSA) is 0 Å². The van der Waals surface area contributed by atoms with E-state index in [9.17, 15) is 0 Å². The third-order valence-corrected chi connectivity index (χ3v) is 2.89. The summed E-state index contributed by atoms with van der Waals surface area (Å²) in [6.45, 7) is 4.38. The fourth-order valence-corrected chi connectivity index (χ4v) is 1.89. The molecule has 0 radical (unpaired) electrons. The second kappa shape index (κ2) is 7.58. The SMILES string of the molecule is CC(C)C1=[C-]CC=C1.[Hf].c1ccc2[cH-]ccc2c1. The van der Waals surface area contributed by atoms with Crippen LogP contribution in [-0.4, -0.2) is 0 Å². The molecular weight excluding hydrogens is 383 g/mol. The Morgan fingerprint density at radius 3 is 2.50 bits per heavy atom. The predicted molar refractivity (Wildman–Crippen MR) is 74.9 cm³/mol. The van der Waals surface area contributed by atoms with Crippen molar-refractivity contribution in [1.82, 2.24) is 0 Å². The summed E-state index contributed by atoms with van der Waals surface area (Å²) in [5.74, 6) is 0.661. The first kappa shape index (κ1) is 15.2. The van der Waals surface area contributed by atoms with Crippen molar-refractivity contribution in [1.29, 1.82) is 0 Å². The zero-order valence-corrected chi connectivity index (χ0v) is 14.6. The average Bonchev–Trinajstić information content (AvgIpc) is 3.01. The monoisotopic (exact) mass is 402 g/mol. The van der Waals surface area contributed by atoms with E-state index in [1.165, 1.54) is 16.3 Å². The maximum absolute atomic E-state index is 3.26. The molecule has 92 valence electrons. The van der Waals surface area contributed by atoms with E-state index in [4.69, 9.17) is 0 Å². The maximum atomic E-state index is 3.26. The molecule has 0 nitrogen and oxygen atoms in total. The van der Waals surface area contributed by atoms with Crippen molar-refractivity contribution in [3.63, 3.8) is 0 Å². The molecule has 0 heterocycles. The predicted octanol–water partition coefficient (Wildman–Crippen LogP) is 4.89. The van der Waals surface area contributed by atoms with Crippen LogP contribution in [0.15, 0.2) is 60.2 Å². The van der Waals surface area contributed by atoms with Gasteiger partial charge in [0.15, 0.2) is 0 Å². The van der Waals surface area contributed by atoms with Gasteiger partial charge in [-0.15, -0.1) is 36.1 Å². The average molecular weight is 401 g/mol. The standard InChI is InChI=1S/C9H7.C8H11.Hf/c1-2-5-9-7-3-6-8(9)4-1;1-7(2)8-5-3-4-6-8;/h1-7H;3,5,7H,4H2,1-2H3;/q2*-1;. The van der Waals surface area contributed by atoms with Crippen molar-refractivity contribution < 1.29 is 25.8 Å². The fourth-order valence-electron chi connectivity index (χ4n) is 1.89. The maximum Gasteiger partial charge on any atom is 0 e. The number of fused-ring (bicyclic) bond motifs is 1. The molecule has 0 unspecified atom stereocenters. The van der Waals surface area contributed by atoms with Crippen LogP contribution in [0.4, 0.5) is 0 Å². The van der Waals surface area contributed by atoms with Gasteiger partial charge in [0, 0.05) is 25.8 Å². The molecule has 3 rings (SSSR count).